The summed E-state index contributed by atoms with van der Waals surface area (Å²) in [6.45, 7) is 9.59. The number of halogens is 1. The summed E-state index contributed by atoms with van der Waals surface area (Å²) in [6, 6.07) is 8.19. The Bertz CT molecular complexity index is 505. The molecule has 4 nitrogen and oxygen atoms in total. The van der Waals surface area contributed by atoms with Crippen LogP contribution in [0.15, 0.2) is 24.3 Å². The minimum absolute atomic E-state index is 0. The van der Waals surface area contributed by atoms with Gasteiger partial charge in [-0.15, -0.1) is 12.4 Å². The number of carbonyl (C=O) groups is 1. The molecule has 130 valence electrons. The summed E-state index contributed by atoms with van der Waals surface area (Å²) >= 11 is 0. The number of nitrogens with one attached hydrogen (secondary N) is 1. The standard InChI is InChI=1S/C18H29N3O.ClH/c1-4-14(2)15-5-7-16(8-6-15)20-17(22)11-21-10-9-18(3,12-19)13-21;/h5-8,14H,4,9-13,19H2,1-3H3,(H,20,22);1H. The average molecular weight is 340 g/mol. The molecule has 0 aromatic heterocycles. The largest absolute Gasteiger partial charge is 0.330 e. The summed E-state index contributed by atoms with van der Waals surface area (Å²) in [5, 5.41) is 2.99. The molecular formula is C18H30ClN3O. The number of rotatable bonds is 6. The van der Waals surface area contributed by atoms with Crippen molar-refractivity contribution < 1.29 is 4.79 Å². The normalized spacial score (nSPS) is 22.4. The van der Waals surface area contributed by atoms with Crippen molar-refractivity contribution in [3.63, 3.8) is 0 Å². The van der Waals surface area contributed by atoms with E-state index in [1.54, 1.807) is 0 Å². The minimum atomic E-state index is 0. The molecule has 2 rings (SSSR count). The average Bonchev–Trinajstić information content (AvgIpc) is 2.89. The highest BCUT2D eigenvalue weighted by Crippen LogP contribution is 2.28. The lowest BCUT2D eigenvalue weighted by Gasteiger charge is -2.22. The molecule has 0 radical (unpaired) electrons. The van der Waals surface area contributed by atoms with Crippen molar-refractivity contribution in [2.45, 2.75) is 39.5 Å². The van der Waals surface area contributed by atoms with E-state index in [0.29, 0.717) is 19.0 Å². The maximum Gasteiger partial charge on any atom is 0.238 e. The number of benzene rings is 1. The first-order valence-corrected chi connectivity index (χ1v) is 8.28. The molecule has 1 aromatic carbocycles. The van der Waals surface area contributed by atoms with Crippen LogP contribution in [0.4, 0.5) is 5.69 Å². The second-order valence-corrected chi connectivity index (χ2v) is 6.95. The quantitative estimate of drug-likeness (QED) is 0.836. The molecule has 2 atom stereocenters. The molecule has 3 N–H and O–H groups in total. The van der Waals surface area contributed by atoms with Crippen molar-refractivity contribution in [3.05, 3.63) is 29.8 Å². The lowest BCUT2D eigenvalue weighted by atomic mass is 9.90. The summed E-state index contributed by atoms with van der Waals surface area (Å²) in [5.74, 6) is 0.612. The molecule has 2 unspecified atom stereocenters. The van der Waals surface area contributed by atoms with Crippen LogP contribution in [-0.4, -0.2) is 37.0 Å². The van der Waals surface area contributed by atoms with Gasteiger partial charge in [0.2, 0.25) is 5.91 Å². The summed E-state index contributed by atoms with van der Waals surface area (Å²) in [4.78, 5) is 14.3. The van der Waals surface area contributed by atoms with Crippen molar-refractivity contribution >= 4 is 24.0 Å². The predicted molar refractivity (Wildman–Crippen MR) is 99.2 cm³/mol. The van der Waals surface area contributed by atoms with Crippen molar-refractivity contribution in [2.75, 3.05) is 31.5 Å². The molecular weight excluding hydrogens is 310 g/mol. The van der Waals surface area contributed by atoms with E-state index in [0.717, 1.165) is 31.6 Å². The predicted octanol–water partition coefficient (Wildman–Crippen LogP) is 3.23. The highest BCUT2D eigenvalue weighted by atomic mass is 35.5. The smallest absolute Gasteiger partial charge is 0.238 e. The number of nitrogens with zero attached hydrogens (tertiary/aromatic N) is 1. The third kappa shape index (κ3) is 5.48. The molecule has 1 aliphatic rings. The molecule has 23 heavy (non-hydrogen) atoms. The zero-order valence-corrected chi connectivity index (χ0v) is 15.3. The van der Waals surface area contributed by atoms with Gasteiger partial charge in [-0.3, -0.25) is 9.69 Å². The van der Waals surface area contributed by atoms with Crippen LogP contribution in [0.25, 0.3) is 0 Å². The number of hydrogen-bond acceptors (Lipinski definition) is 3. The van der Waals surface area contributed by atoms with E-state index in [4.69, 9.17) is 5.73 Å². The number of amides is 1. The van der Waals surface area contributed by atoms with Gasteiger partial charge in [0.15, 0.2) is 0 Å². The Balaban J connectivity index is 0.00000264. The Morgan fingerprint density at radius 3 is 2.57 bits per heavy atom. The van der Waals surface area contributed by atoms with Crippen molar-refractivity contribution in [2.24, 2.45) is 11.1 Å². The van der Waals surface area contributed by atoms with Gasteiger partial charge in [0.25, 0.3) is 0 Å². The molecule has 1 aromatic rings. The number of anilines is 1. The Hall–Kier alpha value is -1.10. The molecule has 1 aliphatic heterocycles. The molecule has 1 amide bonds. The Morgan fingerprint density at radius 2 is 2.04 bits per heavy atom. The Kier molecular flexibility index (Phi) is 7.52. The number of nitrogens with two attached hydrogens (primary N) is 1. The fourth-order valence-electron chi connectivity index (χ4n) is 2.96. The van der Waals surface area contributed by atoms with Gasteiger partial charge < -0.3 is 11.1 Å². The second-order valence-electron chi connectivity index (χ2n) is 6.95. The van der Waals surface area contributed by atoms with Crippen LogP contribution in [0, 0.1) is 5.41 Å². The third-order valence-corrected chi connectivity index (χ3v) is 4.87. The van der Waals surface area contributed by atoms with E-state index in [2.05, 4.69) is 43.1 Å². The van der Waals surface area contributed by atoms with E-state index in [1.165, 1.54) is 5.56 Å². The van der Waals surface area contributed by atoms with Crippen LogP contribution >= 0.6 is 12.4 Å². The van der Waals surface area contributed by atoms with Gasteiger partial charge in [-0.2, -0.15) is 0 Å². The van der Waals surface area contributed by atoms with Gasteiger partial charge in [-0.1, -0.05) is 32.9 Å². The van der Waals surface area contributed by atoms with Crippen LogP contribution in [0.5, 0.6) is 0 Å². The van der Waals surface area contributed by atoms with Crippen LogP contribution in [0.2, 0.25) is 0 Å². The topological polar surface area (TPSA) is 58.4 Å². The Morgan fingerprint density at radius 1 is 1.39 bits per heavy atom. The van der Waals surface area contributed by atoms with Gasteiger partial charge in [0.1, 0.15) is 0 Å². The molecule has 1 saturated heterocycles. The van der Waals surface area contributed by atoms with Crippen molar-refractivity contribution in [1.29, 1.82) is 0 Å². The molecule has 1 heterocycles. The van der Waals surface area contributed by atoms with Gasteiger partial charge in [-0.05, 0) is 55.0 Å². The van der Waals surface area contributed by atoms with Crippen molar-refractivity contribution in [3.8, 4) is 0 Å². The highest BCUT2D eigenvalue weighted by Gasteiger charge is 2.33. The summed E-state index contributed by atoms with van der Waals surface area (Å²) in [7, 11) is 0. The number of hydrogen-bond donors (Lipinski definition) is 2. The minimum Gasteiger partial charge on any atom is -0.330 e. The van der Waals surface area contributed by atoms with E-state index < -0.39 is 0 Å². The van der Waals surface area contributed by atoms with Gasteiger partial charge in [0.05, 0.1) is 6.54 Å². The fraction of sp³-hybridized carbons (Fsp3) is 0.611. The Labute approximate surface area is 146 Å². The molecule has 5 heteroatoms. The maximum atomic E-state index is 12.2. The van der Waals surface area contributed by atoms with E-state index >= 15 is 0 Å². The SMILES string of the molecule is CCC(C)c1ccc(NC(=O)CN2CCC(C)(CN)C2)cc1.Cl. The van der Waals surface area contributed by atoms with Crippen LogP contribution in [0.3, 0.4) is 0 Å². The maximum absolute atomic E-state index is 12.2. The van der Waals surface area contributed by atoms with Crippen LogP contribution in [0.1, 0.15) is 45.1 Å². The number of likely N-dealkylation sites (tertiary alicyclic amines) is 1. The fourth-order valence-corrected chi connectivity index (χ4v) is 2.96. The molecule has 0 bridgehead atoms. The first-order valence-electron chi connectivity index (χ1n) is 8.28. The molecule has 1 fully saturated rings. The van der Waals surface area contributed by atoms with Crippen LogP contribution < -0.4 is 11.1 Å². The number of carbonyl (C=O) groups excluding carboxylic acids is 1. The van der Waals surface area contributed by atoms with Gasteiger partial charge in [-0.25, -0.2) is 0 Å². The zero-order chi connectivity index (χ0) is 16.2. The lowest BCUT2D eigenvalue weighted by molar-refractivity contribution is -0.117. The molecule has 0 aliphatic carbocycles. The van der Waals surface area contributed by atoms with E-state index in [1.807, 2.05) is 12.1 Å². The van der Waals surface area contributed by atoms with E-state index in [9.17, 15) is 4.79 Å². The summed E-state index contributed by atoms with van der Waals surface area (Å²) in [6.07, 6.45) is 2.20. The highest BCUT2D eigenvalue weighted by molar-refractivity contribution is 5.92. The monoisotopic (exact) mass is 339 g/mol. The summed E-state index contributed by atoms with van der Waals surface area (Å²) < 4.78 is 0. The third-order valence-electron chi connectivity index (χ3n) is 4.87. The van der Waals surface area contributed by atoms with Gasteiger partial charge >= 0.3 is 0 Å². The lowest BCUT2D eigenvalue weighted by Crippen LogP contribution is -2.35. The van der Waals surface area contributed by atoms with Gasteiger partial charge in [0, 0.05) is 12.2 Å². The first-order chi connectivity index (χ1) is 10.5. The van der Waals surface area contributed by atoms with Crippen molar-refractivity contribution in [1.82, 2.24) is 4.90 Å². The first kappa shape index (κ1) is 19.9. The molecule has 0 saturated carbocycles. The zero-order valence-electron chi connectivity index (χ0n) is 14.5. The van der Waals surface area contributed by atoms with Crippen LogP contribution in [-0.2, 0) is 4.79 Å². The molecule has 0 spiro atoms. The van der Waals surface area contributed by atoms with E-state index in [-0.39, 0.29) is 23.7 Å². The summed E-state index contributed by atoms with van der Waals surface area (Å²) in [5.41, 5.74) is 8.16. The second kappa shape index (κ2) is 8.67.